The number of rotatable bonds is 7. The molecule has 0 saturated carbocycles. The molecule has 0 aromatic heterocycles. The fourth-order valence-corrected chi connectivity index (χ4v) is 2.36. The van der Waals surface area contributed by atoms with Crippen LogP contribution >= 0.6 is 0 Å². The summed E-state index contributed by atoms with van der Waals surface area (Å²) < 4.78 is 5.91. The second-order valence-corrected chi connectivity index (χ2v) is 5.60. The molecule has 1 atom stereocenters. The van der Waals surface area contributed by atoms with Crippen LogP contribution < -0.4 is 10.5 Å². The van der Waals surface area contributed by atoms with Crippen LogP contribution in [0.5, 0.6) is 5.75 Å². The summed E-state index contributed by atoms with van der Waals surface area (Å²) >= 11 is 0. The van der Waals surface area contributed by atoms with Gasteiger partial charge >= 0.3 is 0 Å². The largest absolute Gasteiger partial charge is 0.492 e. The zero-order chi connectivity index (χ0) is 14.4. The quantitative estimate of drug-likeness (QED) is 0.822. The molecule has 1 rings (SSSR count). The van der Waals surface area contributed by atoms with Crippen LogP contribution in [-0.2, 0) is 0 Å². The van der Waals surface area contributed by atoms with Crippen molar-refractivity contribution in [3.05, 3.63) is 29.8 Å². The van der Waals surface area contributed by atoms with Crippen LogP contribution in [-0.4, -0.2) is 30.1 Å². The molecule has 3 nitrogen and oxygen atoms in total. The number of ether oxygens (including phenoxy) is 1. The molecule has 0 aliphatic carbocycles. The van der Waals surface area contributed by atoms with E-state index in [1.807, 2.05) is 31.2 Å². The highest BCUT2D eigenvalue weighted by atomic mass is 16.5. The lowest BCUT2D eigenvalue weighted by Crippen LogP contribution is -2.39. The van der Waals surface area contributed by atoms with Gasteiger partial charge in [0.2, 0.25) is 0 Å². The third-order valence-electron chi connectivity index (χ3n) is 3.34. The van der Waals surface area contributed by atoms with E-state index in [2.05, 4.69) is 32.6 Å². The SMILES string of the molecule is CC(N)c1ccccc1OCCN(C(C)C)C(C)C. The molecular weight excluding hydrogens is 236 g/mol. The van der Waals surface area contributed by atoms with Crippen LogP contribution in [0.3, 0.4) is 0 Å². The Morgan fingerprint density at radius 3 is 2.16 bits per heavy atom. The van der Waals surface area contributed by atoms with Crippen LogP contribution in [0.1, 0.15) is 46.2 Å². The van der Waals surface area contributed by atoms with E-state index in [4.69, 9.17) is 10.5 Å². The molecule has 0 heterocycles. The number of nitrogens with two attached hydrogens (primary N) is 1. The van der Waals surface area contributed by atoms with Gasteiger partial charge in [-0.25, -0.2) is 0 Å². The van der Waals surface area contributed by atoms with Crippen molar-refractivity contribution in [2.24, 2.45) is 5.73 Å². The molecule has 19 heavy (non-hydrogen) atoms. The molecule has 1 aromatic rings. The summed E-state index contributed by atoms with van der Waals surface area (Å²) in [4.78, 5) is 2.43. The summed E-state index contributed by atoms with van der Waals surface area (Å²) in [6, 6.07) is 9.09. The Hall–Kier alpha value is -1.06. The summed E-state index contributed by atoms with van der Waals surface area (Å²) in [5, 5.41) is 0. The second kappa shape index (κ2) is 7.51. The van der Waals surface area contributed by atoms with Gasteiger partial charge < -0.3 is 10.5 Å². The lowest BCUT2D eigenvalue weighted by Gasteiger charge is -2.30. The molecule has 1 unspecified atom stereocenters. The van der Waals surface area contributed by atoms with Crippen LogP contribution in [0.15, 0.2) is 24.3 Å². The maximum atomic E-state index is 5.95. The molecule has 0 saturated heterocycles. The van der Waals surface area contributed by atoms with Gasteiger partial charge in [0.25, 0.3) is 0 Å². The van der Waals surface area contributed by atoms with E-state index in [1.54, 1.807) is 0 Å². The van der Waals surface area contributed by atoms with Gasteiger partial charge in [-0.2, -0.15) is 0 Å². The highest BCUT2D eigenvalue weighted by Gasteiger charge is 2.13. The van der Waals surface area contributed by atoms with Gasteiger partial charge in [0.05, 0.1) is 0 Å². The second-order valence-electron chi connectivity index (χ2n) is 5.60. The Labute approximate surface area is 117 Å². The van der Waals surface area contributed by atoms with Gasteiger partial charge in [0.1, 0.15) is 12.4 Å². The van der Waals surface area contributed by atoms with E-state index < -0.39 is 0 Å². The lowest BCUT2D eigenvalue weighted by molar-refractivity contribution is 0.141. The summed E-state index contributed by atoms with van der Waals surface area (Å²) in [5.41, 5.74) is 7.02. The average molecular weight is 264 g/mol. The molecular formula is C16H28N2O. The smallest absolute Gasteiger partial charge is 0.124 e. The Morgan fingerprint density at radius 1 is 1.05 bits per heavy atom. The van der Waals surface area contributed by atoms with Crippen LogP contribution in [0.4, 0.5) is 0 Å². The van der Waals surface area contributed by atoms with E-state index >= 15 is 0 Å². The summed E-state index contributed by atoms with van der Waals surface area (Å²) in [6.07, 6.45) is 0. The fraction of sp³-hybridized carbons (Fsp3) is 0.625. The fourth-order valence-electron chi connectivity index (χ4n) is 2.36. The first-order chi connectivity index (χ1) is 8.93. The number of hydrogen-bond acceptors (Lipinski definition) is 3. The maximum absolute atomic E-state index is 5.95. The van der Waals surface area contributed by atoms with E-state index in [-0.39, 0.29) is 6.04 Å². The molecule has 0 spiro atoms. The maximum Gasteiger partial charge on any atom is 0.124 e. The molecule has 0 radical (unpaired) electrons. The van der Waals surface area contributed by atoms with Crippen LogP contribution in [0, 0.1) is 0 Å². The third-order valence-corrected chi connectivity index (χ3v) is 3.34. The zero-order valence-electron chi connectivity index (χ0n) is 12.9. The first kappa shape index (κ1) is 16.0. The van der Waals surface area contributed by atoms with Crippen molar-refractivity contribution < 1.29 is 4.74 Å². The van der Waals surface area contributed by atoms with E-state index in [0.717, 1.165) is 17.9 Å². The van der Waals surface area contributed by atoms with Crippen molar-refractivity contribution in [2.75, 3.05) is 13.2 Å². The Kier molecular flexibility index (Phi) is 6.32. The minimum Gasteiger partial charge on any atom is -0.492 e. The summed E-state index contributed by atoms with van der Waals surface area (Å²) in [6.45, 7) is 12.5. The first-order valence-corrected chi connectivity index (χ1v) is 7.16. The third kappa shape index (κ3) is 4.84. The van der Waals surface area contributed by atoms with Gasteiger partial charge in [0.15, 0.2) is 0 Å². The van der Waals surface area contributed by atoms with E-state index in [9.17, 15) is 0 Å². The minimum atomic E-state index is 0.00232. The molecule has 108 valence electrons. The molecule has 0 aliphatic heterocycles. The molecule has 1 aromatic carbocycles. The molecule has 0 amide bonds. The van der Waals surface area contributed by atoms with Crippen LogP contribution in [0.2, 0.25) is 0 Å². The van der Waals surface area contributed by atoms with Crippen molar-refractivity contribution in [1.82, 2.24) is 4.90 Å². The topological polar surface area (TPSA) is 38.5 Å². The number of nitrogens with zero attached hydrogens (tertiary/aromatic N) is 1. The zero-order valence-corrected chi connectivity index (χ0v) is 12.9. The molecule has 0 fully saturated rings. The first-order valence-electron chi connectivity index (χ1n) is 7.16. The number of benzene rings is 1. The molecule has 0 bridgehead atoms. The Bertz CT molecular complexity index is 367. The monoisotopic (exact) mass is 264 g/mol. The lowest BCUT2D eigenvalue weighted by atomic mass is 10.1. The molecule has 0 aliphatic rings. The number of hydrogen-bond donors (Lipinski definition) is 1. The summed E-state index contributed by atoms with van der Waals surface area (Å²) in [5.74, 6) is 0.907. The number of para-hydroxylation sites is 1. The highest BCUT2D eigenvalue weighted by molar-refractivity contribution is 5.35. The predicted octanol–water partition coefficient (Wildman–Crippen LogP) is 3.20. The van der Waals surface area contributed by atoms with Crippen molar-refractivity contribution in [2.45, 2.75) is 52.7 Å². The average Bonchev–Trinajstić information content (AvgIpc) is 2.33. The van der Waals surface area contributed by atoms with Gasteiger partial charge in [-0.3, -0.25) is 4.90 Å². The van der Waals surface area contributed by atoms with Crippen molar-refractivity contribution in [3.63, 3.8) is 0 Å². The molecule has 3 heteroatoms. The van der Waals surface area contributed by atoms with E-state index in [0.29, 0.717) is 18.7 Å². The Morgan fingerprint density at radius 2 is 1.63 bits per heavy atom. The van der Waals surface area contributed by atoms with Gasteiger partial charge in [-0.05, 0) is 40.7 Å². The minimum absolute atomic E-state index is 0.00232. The summed E-state index contributed by atoms with van der Waals surface area (Å²) in [7, 11) is 0. The van der Waals surface area contributed by atoms with Crippen molar-refractivity contribution >= 4 is 0 Å². The highest BCUT2D eigenvalue weighted by Crippen LogP contribution is 2.23. The van der Waals surface area contributed by atoms with Crippen molar-refractivity contribution in [3.8, 4) is 5.75 Å². The Balaban J connectivity index is 2.58. The standard InChI is InChI=1S/C16H28N2O/c1-12(2)18(13(3)4)10-11-19-16-9-7-6-8-15(16)14(5)17/h6-9,12-14H,10-11,17H2,1-5H3. The molecule has 2 N–H and O–H groups in total. The normalized spacial score (nSPS) is 13.3. The van der Waals surface area contributed by atoms with Gasteiger partial charge in [0, 0.05) is 30.2 Å². The van der Waals surface area contributed by atoms with Crippen molar-refractivity contribution in [1.29, 1.82) is 0 Å². The van der Waals surface area contributed by atoms with E-state index in [1.165, 1.54) is 0 Å². The predicted molar refractivity (Wildman–Crippen MR) is 81.5 cm³/mol. The van der Waals surface area contributed by atoms with Crippen LogP contribution in [0.25, 0.3) is 0 Å². The van der Waals surface area contributed by atoms with Gasteiger partial charge in [-0.15, -0.1) is 0 Å². The van der Waals surface area contributed by atoms with Gasteiger partial charge in [-0.1, -0.05) is 18.2 Å².